The van der Waals surface area contributed by atoms with Gasteiger partial charge in [-0.05, 0) is 19.2 Å². The fraction of sp³-hybridized carbons (Fsp3) is 0.500. The summed E-state index contributed by atoms with van der Waals surface area (Å²) < 4.78 is 26.7. The molecule has 1 atom stereocenters. The van der Waals surface area contributed by atoms with Gasteiger partial charge in [0.05, 0.1) is 0 Å². The van der Waals surface area contributed by atoms with Gasteiger partial charge in [-0.1, -0.05) is 26.0 Å². The molecule has 0 fully saturated rings. The summed E-state index contributed by atoms with van der Waals surface area (Å²) in [6.45, 7) is 5.75. The topological polar surface area (TPSA) is 29.3 Å². The predicted molar refractivity (Wildman–Crippen MR) is 61.1 cm³/mol. The van der Waals surface area contributed by atoms with Crippen molar-refractivity contribution in [2.24, 2.45) is 5.73 Å². The lowest BCUT2D eigenvalue weighted by Crippen LogP contribution is -2.34. The van der Waals surface area contributed by atoms with Crippen LogP contribution in [0.1, 0.15) is 25.5 Å². The molecule has 1 rings (SSSR count). The third-order valence-electron chi connectivity index (χ3n) is 2.82. The monoisotopic (exact) mass is 228 g/mol. The highest BCUT2D eigenvalue weighted by Gasteiger charge is 2.21. The van der Waals surface area contributed by atoms with Crippen LogP contribution in [0.2, 0.25) is 0 Å². The van der Waals surface area contributed by atoms with Crippen molar-refractivity contribution in [3.8, 4) is 0 Å². The van der Waals surface area contributed by atoms with Gasteiger partial charge in [0.1, 0.15) is 0 Å². The van der Waals surface area contributed by atoms with Gasteiger partial charge in [0.25, 0.3) is 0 Å². The first-order chi connectivity index (χ1) is 7.65. The standard InChI is InChI=1S/C12H18F2N2/c1-3-16(4-2)11(8-15)9-6-5-7-10(13)12(9)14/h5-7,11H,3-4,8,15H2,1-2H3. The minimum Gasteiger partial charge on any atom is -0.329 e. The summed E-state index contributed by atoms with van der Waals surface area (Å²) in [4.78, 5) is 2.01. The van der Waals surface area contributed by atoms with E-state index in [1.54, 1.807) is 6.07 Å². The van der Waals surface area contributed by atoms with Gasteiger partial charge < -0.3 is 5.73 Å². The van der Waals surface area contributed by atoms with Crippen LogP contribution in [-0.4, -0.2) is 24.5 Å². The maximum atomic E-state index is 13.6. The van der Waals surface area contributed by atoms with Crippen LogP contribution in [0.3, 0.4) is 0 Å². The summed E-state index contributed by atoms with van der Waals surface area (Å²) >= 11 is 0. The number of hydrogen-bond donors (Lipinski definition) is 1. The summed E-state index contributed by atoms with van der Waals surface area (Å²) in [5, 5.41) is 0. The Bertz CT molecular complexity index is 338. The van der Waals surface area contributed by atoms with E-state index in [0.29, 0.717) is 5.56 Å². The number of nitrogens with two attached hydrogens (primary N) is 1. The summed E-state index contributed by atoms with van der Waals surface area (Å²) in [5.74, 6) is -1.60. The molecule has 0 aromatic heterocycles. The van der Waals surface area contributed by atoms with E-state index in [9.17, 15) is 8.78 Å². The van der Waals surface area contributed by atoms with Crippen molar-refractivity contribution in [2.45, 2.75) is 19.9 Å². The number of rotatable bonds is 5. The van der Waals surface area contributed by atoms with Gasteiger partial charge in [0.15, 0.2) is 11.6 Å². The van der Waals surface area contributed by atoms with E-state index >= 15 is 0 Å². The molecule has 0 amide bonds. The molecule has 2 N–H and O–H groups in total. The van der Waals surface area contributed by atoms with E-state index in [1.165, 1.54) is 6.07 Å². The molecule has 0 aliphatic heterocycles. The Morgan fingerprint density at radius 3 is 2.38 bits per heavy atom. The second-order valence-corrected chi connectivity index (χ2v) is 3.62. The van der Waals surface area contributed by atoms with Gasteiger partial charge >= 0.3 is 0 Å². The van der Waals surface area contributed by atoms with E-state index < -0.39 is 11.6 Å². The molecule has 0 heterocycles. The molecule has 2 nitrogen and oxygen atoms in total. The number of nitrogens with zero attached hydrogens (tertiary/aromatic N) is 1. The highest BCUT2D eigenvalue weighted by molar-refractivity contribution is 5.23. The maximum absolute atomic E-state index is 13.6. The van der Waals surface area contributed by atoms with Gasteiger partial charge in [-0.25, -0.2) is 8.78 Å². The number of halogens is 2. The zero-order valence-corrected chi connectivity index (χ0v) is 9.71. The Kier molecular flexibility index (Phi) is 4.83. The first kappa shape index (κ1) is 13.1. The van der Waals surface area contributed by atoms with Crippen molar-refractivity contribution < 1.29 is 8.78 Å². The second kappa shape index (κ2) is 5.92. The number of likely N-dealkylation sites (N-methyl/N-ethyl adjacent to an activating group) is 1. The van der Waals surface area contributed by atoms with E-state index in [4.69, 9.17) is 5.73 Å². The number of benzene rings is 1. The minimum absolute atomic E-state index is 0.259. The zero-order valence-electron chi connectivity index (χ0n) is 9.71. The maximum Gasteiger partial charge on any atom is 0.163 e. The smallest absolute Gasteiger partial charge is 0.163 e. The molecule has 0 saturated carbocycles. The fourth-order valence-electron chi connectivity index (χ4n) is 1.91. The van der Waals surface area contributed by atoms with Crippen LogP contribution >= 0.6 is 0 Å². The molecule has 4 heteroatoms. The quantitative estimate of drug-likeness (QED) is 0.838. The molecular weight excluding hydrogens is 210 g/mol. The van der Waals surface area contributed by atoms with Gasteiger partial charge in [-0.3, -0.25) is 4.90 Å². The molecule has 1 aromatic carbocycles. The van der Waals surface area contributed by atoms with Gasteiger partial charge in [-0.15, -0.1) is 0 Å². The van der Waals surface area contributed by atoms with E-state index in [2.05, 4.69) is 0 Å². The van der Waals surface area contributed by atoms with Crippen LogP contribution in [0.4, 0.5) is 8.78 Å². The van der Waals surface area contributed by atoms with Gasteiger partial charge in [0, 0.05) is 18.2 Å². The van der Waals surface area contributed by atoms with Crippen molar-refractivity contribution in [1.29, 1.82) is 0 Å². The van der Waals surface area contributed by atoms with Crippen molar-refractivity contribution in [2.75, 3.05) is 19.6 Å². The molecular formula is C12H18F2N2. The van der Waals surface area contributed by atoms with Gasteiger partial charge in [0.2, 0.25) is 0 Å². The highest BCUT2D eigenvalue weighted by atomic mass is 19.2. The van der Waals surface area contributed by atoms with Crippen LogP contribution in [0.25, 0.3) is 0 Å². The van der Waals surface area contributed by atoms with E-state index in [-0.39, 0.29) is 12.6 Å². The molecule has 0 saturated heterocycles. The Labute approximate surface area is 95.1 Å². The third kappa shape index (κ3) is 2.57. The molecule has 0 radical (unpaired) electrons. The molecule has 0 spiro atoms. The van der Waals surface area contributed by atoms with E-state index in [0.717, 1.165) is 19.2 Å². The van der Waals surface area contributed by atoms with Crippen LogP contribution in [-0.2, 0) is 0 Å². The lowest BCUT2D eigenvalue weighted by molar-refractivity contribution is 0.218. The Hall–Kier alpha value is -1.00. The molecule has 1 aromatic rings. The largest absolute Gasteiger partial charge is 0.329 e. The molecule has 0 bridgehead atoms. The SMILES string of the molecule is CCN(CC)C(CN)c1cccc(F)c1F. The van der Waals surface area contributed by atoms with Crippen molar-refractivity contribution in [1.82, 2.24) is 4.90 Å². The normalized spacial score (nSPS) is 13.1. The summed E-state index contributed by atoms with van der Waals surface area (Å²) in [7, 11) is 0. The van der Waals surface area contributed by atoms with Crippen molar-refractivity contribution in [3.63, 3.8) is 0 Å². The van der Waals surface area contributed by atoms with Crippen LogP contribution < -0.4 is 5.73 Å². The van der Waals surface area contributed by atoms with Crippen molar-refractivity contribution >= 4 is 0 Å². The summed E-state index contributed by atoms with van der Waals surface area (Å²) in [6.07, 6.45) is 0. The van der Waals surface area contributed by atoms with Crippen LogP contribution in [0, 0.1) is 11.6 Å². The molecule has 16 heavy (non-hydrogen) atoms. The molecule has 1 unspecified atom stereocenters. The minimum atomic E-state index is -0.817. The molecule has 0 aliphatic carbocycles. The average Bonchev–Trinajstić information content (AvgIpc) is 2.30. The first-order valence-corrected chi connectivity index (χ1v) is 5.53. The first-order valence-electron chi connectivity index (χ1n) is 5.53. The van der Waals surface area contributed by atoms with Crippen molar-refractivity contribution in [3.05, 3.63) is 35.4 Å². The highest BCUT2D eigenvalue weighted by Crippen LogP contribution is 2.23. The predicted octanol–water partition coefficient (Wildman–Crippen LogP) is 2.31. The lowest BCUT2D eigenvalue weighted by Gasteiger charge is -2.29. The van der Waals surface area contributed by atoms with Crippen LogP contribution in [0.5, 0.6) is 0 Å². The third-order valence-corrected chi connectivity index (χ3v) is 2.82. The lowest BCUT2D eigenvalue weighted by atomic mass is 10.0. The molecule has 0 aliphatic rings. The summed E-state index contributed by atoms with van der Waals surface area (Å²) in [5.41, 5.74) is 5.98. The van der Waals surface area contributed by atoms with Gasteiger partial charge in [-0.2, -0.15) is 0 Å². The summed E-state index contributed by atoms with van der Waals surface area (Å²) in [6, 6.07) is 3.97. The Morgan fingerprint density at radius 2 is 1.88 bits per heavy atom. The second-order valence-electron chi connectivity index (χ2n) is 3.62. The van der Waals surface area contributed by atoms with Crippen LogP contribution in [0.15, 0.2) is 18.2 Å². The Balaban J connectivity index is 3.07. The average molecular weight is 228 g/mol. The fourth-order valence-corrected chi connectivity index (χ4v) is 1.91. The van der Waals surface area contributed by atoms with E-state index in [1.807, 2.05) is 18.7 Å². The number of hydrogen-bond acceptors (Lipinski definition) is 2. The zero-order chi connectivity index (χ0) is 12.1. The molecule has 90 valence electrons. The Morgan fingerprint density at radius 1 is 1.25 bits per heavy atom.